The maximum Gasteiger partial charge on any atom is 0.335 e. The largest absolute Gasteiger partial charge is 0.489 e. The molecule has 0 radical (unpaired) electrons. The summed E-state index contributed by atoms with van der Waals surface area (Å²) in [5, 5.41) is 21.6. The number of hydrogen-bond acceptors (Lipinski definition) is 5. The van der Waals surface area contributed by atoms with Gasteiger partial charge in [0.2, 0.25) is 0 Å². The van der Waals surface area contributed by atoms with Crippen LogP contribution < -0.4 is 4.74 Å². The number of halogens is 2. The van der Waals surface area contributed by atoms with E-state index >= 15 is 0 Å². The summed E-state index contributed by atoms with van der Waals surface area (Å²) in [5.74, 6) is 0.494. The molecular weight excluding hydrogens is 553 g/mol. The zero-order valence-electron chi connectivity index (χ0n) is 21.3. The second-order valence-electron chi connectivity index (χ2n) is 10.6. The zero-order valence-corrected chi connectivity index (χ0v) is 23.6. The average molecular weight is 581 g/mol. The molecule has 2 fully saturated rings. The normalized spacial score (nSPS) is 20.5. The molecule has 0 spiro atoms. The first-order chi connectivity index (χ1) is 18.7. The van der Waals surface area contributed by atoms with E-state index < -0.39 is 11.6 Å². The number of nitrogens with zero attached hydrogens (tertiary/aromatic N) is 1. The molecule has 2 aliphatic carbocycles. The summed E-state index contributed by atoms with van der Waals surface area (Å²) in [7, 11) is 0. The van der Waals surface area contributed by atoms with Crippen molar-refractivity contribution in [3.63, 3.8) is 0 Å². The summed E-state index contributed by atoms with van der Waals surface area (Å²) in [6.45, 7) is 2.35. The Bertz CT molecular complexity index is 1540. The van der Waals surface area contributed by atoms with Crippen LogP contribution in [0.15, 0.2) is 60.7 Å². The lowest BCUT2D eigenvalue weighted by Gasteiger charge is -2.45. The Morgan fingerprint density at radius 2 is 1.74 bits per heavy atom. The van der Waals surface area contributed by atoms with Gasteiger partial charge < -0.3 is 14.9 Å². The highest BCUT2D eigenvalue weighted by molar-refractivity contribution is 7.06. The van der Waals surface area contributed by atoms with Crippen LogP contribution in [-0.2, 0) is 12.2 Å². The van der Waals surface area contributed by atoms with E-state index in [9.17, 15) is 9.90 Å². The fourth-order valence-corrected chi connectivity index (χ4v) is 7.18. The van der Waals surface area contributed by atoms with Crippen LogP contribution in [0.4, 0.5) is 0 Å². The van der Waals surface area contributed by atoms with E-state index in [1.54, 1.807) is 12.1 Å². The van der Waals surface area contributed by atoms with Gasteiger partial charge in [-0.05, 0) is 109 Å². The highest BCUT2D eigenvalue weighted by atomic mass is 35.5. The number of aliphatic hydroxyl groups is 1. The third-order valence-corrected chi connectivity index (χ3v) is 9.53. The molecule has 0 saturated heterocycles. The van der Waals surface area contributed by atoms with Gasteiger partial charge in [0.05, 0.1) is 26.9 Å². The number of hydrogen-bond donors (Lipinski definition) is 2. The lowest BCUT2D eigenvalue weighted by atomic mass is 9.64. The minimum atomic E-state index is -0.937. The molecular formula is C31H27Cl2NO4S. The van der Waals surface area contributed by atoms with Gasteiger partial charge >= 0.3 is 5.97 Å². The molecule has 0 amide bonds. The van der Waals surface area contributed by atoms with Crippen molar-refractivity contribution in [3.05, 3.63) is 103 Å². The Morgan fingerprint density at radius 1 is 1.05 bits per heavy atom. The molecule has 4 aromatic rings. The van der Waals surface area contributed by atoms with Gasteiger partial charge in [0, 0.05) is 16.0 Å². The Morgan fingerprint density at radius 3 is 2.36 bits per heavy atom. The van der Waals surface area contributed by atoms with Crippen LogP contribution in [0.2, 0.25) is 10.0 Å². The number of benzene rings is 3. The molecule has 0 aliphatic heterocycles. The minimum Gasteiger partial charge on any atom is -0.489 e. The molecule has 6 rings (SSSR count). The molecule has 3 aromatic carbocycles. The van der Waals surface area contributed by atoms with Crippen molar-refractivity contribution in [1.29, 1.82) is 0 Å². The lowest BCUT2D eigenvalue weighted by Crippen LogP contribution is -2.40. The van der Waals surface area contributed by atoms with Crippen LogP contribution in [0.25, 0.3) is 11.3 Å². The van der Waals surface area contributed by atoms with Gasteiger partial charge in [-0.3, -0.25) is 0 Å². The Balaban J connectivity index is 1.18. The summed E-state index contributed by atoms with van der Waals surface area (Å²) in [6.07, 6.45) is 3.49. The highest BCUT2D eigenvalue weighted by Gasteiger charge is 2.45. The molecule has 200 valence electrons. The van der Waals surface area contributed by atoms with Gasteiger partial charge in [-0.2, -0.15) is 4.37 Å². The van der Waals surface area contributed by atoms with Crippen LogP contribution >= 0.6 is 34.7 Å². The molecule has 2 saturated carbocycles. The number of carboxylic acid groups (broad SMARTS) is 1. The van der Waals surface area contributed by atoms with E-state index in [4.69, 9.17) is 37.4 Å². The van der Waals surface area contributed by atoms with Crippen LogP contribution in [-0.4, -0.2) is 20.6 Å². The zero-order chi connectivity index (χ0) is 27.3. The molecule has 2 aliphatic rings. The summed E-state index contributed by atoms with van der Waals surface area (Å²) < 4.78 is 11.0. The number of rotatable bonds is 8. The quantitative estimate of drug-likeness (QED) is 0.219. The van der Waals surface area contributed by atoms with E-state index in [0.717, 1.165) is 52.1 Å². The summed E-state index contributed by atoms with van der Waals surface area (Å²) in [4.78, 5) is 12.4. The van der Waals surface area contributed by atoms with Crippen LogP contribution in [0.1, 0.15) is 75.0 Å². The summed E-state index contributed by atoms with van der Waals surface area (Å²) in [6, 6.07) is 18.2. The van der Waals surface area contributed by atoms with Crippen molar-refractivity contribution >= 4 is 40.7 Å². The SMILES string of the molecule is Cc1cc(OCc2c(-c3c(Cl)cccc3Cl)nsc2C2CC2)ccc1C1(O)CC(c2ccc(C(=O)O)cc2)C1. The van der Waals surface area contributed by atoms with E-state index in [-0.39, 0.29) is 11.5 Å². The topological polar surface area (TPSA) is 79.7 Å². The standard InChI is InChI=1S/C31H27Cl2NO4S/c1-17-13-22(11-12-24(17)31(37)14-21(15-31)18-5-9-20(10-6-18)30(35)36)38-16-23-28(34-39-29(23)19-7-8-19)27-25(32)3-2-4-26(27)33/h2-6,9-13,19,21,37H,7-8,14-16H2,1H3,(H,35,36). The highest BCUT2D eigenvalue weighted by Crippen LogP contribution is 2.52. The molecule has 1 heterocycles. The second-order valence-corrected chi connectivity index (χ2v) is 12.2. The van der Waals surface area contributed by atoms with Crippen LogP contribution in [0.3, 0.4) is 0 Å². The van der Waals surface area contributed by atoms with E-state index in [0.29, 0.717) is 35.4 Å². The molecule has 39 heavy (non-hydrogen) atoms. The Kier molecular flexibility index (Phi) is 6.92. The monoisotopic (exact) mass is 579 g/mol. The molecule has 2 N–H and O–H groups in total. The summed E-state index contributed by atoms with van der Waals surface area (Å²) in [5.41, 5.74) is 4.84. The Hall–Kier alpha value is -2.90. The molecule has 8 heteroatoms. The first-order valence-electron chi connectivity index (χ1n) is 13.0. The molecule has 0 atom stereocenters. The van der Waals surface area contributed by atoms with Gasteiger partial charge in [-0.15, -0.1) is 0 Å². The predicted octanol–water partition coefficient (Wildman–Crippen LogP) is 8.35. The van der Waals surface area contributed by atoms with Crippen molar-refractivity contribution in [1.82, 2.24) is 4.37 Å². The van der Waals surface area contributed by atoms with Gasteiger partial charge in [0.1, 0.15) is 12.4 Å². The number of aryl methyl sites for hydroxylation is 1. The third kappa shape index (κ3) is 5.07. The lowest BCUT2D eigenvalue weighted by molar-refractivity contribution is -0.0555. The smallest absolute Gasteiger partial charge is 0.335 e. The minimum absolute atomic E-state index is 0.190. The summed E-state index contributed by atoms with van der Waals surface area (Å²) >= 11 is 14.5. The average Bonchev–Trinajstić information content (AvgIpc) is 3.66. The van der Waals surface area contributed by atoms with Gasteiger partial charge in [0.25, 0.3) is 0 Å². The van der Waals surface area contributed by atoms with Crippen molar-refractivity contribution in [2.45, 2.75) is 56.7 Å². The predicted molar refractivity (Wildman–Crippen MR) is 154 cm³/mol. The second kappa shape index (κ2) is 10.3. The fourth-order valence-electron chi connectivity index (χ4n) is 5.56. The van der Waals surface area contributed by atoms with Crippen molar-refractivity contribution < 1.29 is 19.7 Å². The maximum atomic E-state index is 11.4. The Labute approximate surface area is 241 Å². The van der Waals surface area contributed by atoms with Gasteiger partial charge in [-0.25, -0.2) is 4.79 Å². The number of ether oxygens (including phenoxy) is 1. The fraction of sp³-hybridized carbons (Fsp3) is 0.290. The molecule has 5 nitrogen and oxygen atoms in total. The maximum absolute atomic E-state index is 11.4. The number of carbonyl (C=O) groups is 1. The van der Waals surface area contributed by atoms with Gasteiger partial charge in [-0.1, -0.05) is 47.5 Å². The third-order valence-electron chi connectivity index (χ3n) is 7.85. The molecule has 0 bridgehead atoms. The molecule has 0 unspecified atom stereocenters. The first-order valence-corrected chi connectivity index (χ1v) is 14.5. The van der Waals surface area contributed by atoms with E-state index in [1.807, 2.05) is 55.5 Å². The number of aromatic nitrogens is 1. The van der Waals surface area contributed by atoms with Crippen LogP contribution in [0, 0.1) is 6.92 Å². The van der Waals surface area contributed by atoms with Gasteiger partial charge in [0.15, 0.2) is 0 Å². The van der Waals surface area contributed by atoms with Crippen molar-refractivity contribution in [2.75, 3.05) is 0 Å². The number of carboxylic acids is 1. The van der Waals surface area contributed by atoms with E-state index in [1.165, 1.54) is 16.4 Å². The van der Waals surface area contributed by atoms with Crippen molar-refractivity contribution in [3.8, 4) is 17.0 Å². The molecule has 1 aromatic heterocycles. The van der Waals surface area contributed by atoms with E-state index in [2.05, 4.69) is 0 Å². The number of aromatic carboxylic acids is 1. The van der Waals surface area contributed by atoms with Crippen LogP contribution in [0.5, 0.6) is 5.75 Å². The first kappa shape index (κ1) is 26.3. The van der Waals surface area contributed by atoms with Crippen molar-refractivity contribution in [2.24, 2.45) is 0 Å².